The highest BCUT2D eigenvalue weighted by molar-refractivity contribution is 5.89. The van der Waals surface area contributed by atoms with Crippen LogP contribution in [0.2, 0.25) is 0 Å². The predicted molar refractivity (Wildman–Crippen MR) is 147 cm³/mol. The fourth-order valence-electron chi connectivity index (χ4n) is 3.73. The number of amides is 1. The van der Waals surface area contributed by atoms with Gasteiger partial charge in [-0.2, -0.15) is 13.8 Å². The molecule has 2 heterocycles. The molecular formula is C29H39F2N3O5. The maximum Gasteiger partial charge on any atom is 0.351 e. The fraction of sp³-hybridized carbons (Fsp3) is 0.483. The van der Waals surface area contributed by atoms with E-state index < -0.39 is 36.7 Å². The predicted octanol–water partition coefficient (Wildman–Crippen LogP) is 4.99. The molecule has 0 bridgehead atoms. The van der Waals surface area contributed by atoms with Crippen LogP contribution in [-0.2, 0) is 9.53 Å². The van der Waals surface area contributed by atoms with Crippen molar-refractivity contribution in [2.24, 2.45) is 0 Å². The van der Waals surface area contributed by atoms with Crippen LogP contribution < -0.4 is 11.0 Å². The number of carbonyl (C=O) groups is 1. The summed E-state index contributed by atoms with van der Waals surface area (Å²) in [4.78, 5) is 28.0. The minimum absolute atomic E-state index is 0.0725. The lowest BCUT2D eigenvalue weighted by Crippen LogP contribution is -2.41. The molecule has 8 nitrogen and oxygen atoms in total. The second-order valence-corrected chi connectivity index (χ2v) is 8.98. The number of unbranched alkanes of at least 4 members (excludes halogenated alkanes) is 1. The molecule has 1 saturated heterocycles. The Kier molecular flexibility index (Phi) is 14.3. The number of alkyl halides is 2. The third-order valence-electron chi connectivity index (χ3n) is 5.84. The number of aromatic nitrogens is 2. The normalized spacial score (nSPS) is 21.4. The number of allylic oxidation sites excluding steroid dienone is 10. The molecule has 0 radical (unpaired) electrons. The highest BCUT2D eigenvalue weighted by Crippen LogP contribution is 2.41. The van der Waals surface area contributed by atoms with Gasteiger partial charge in [-0.15, -0.1) is 0 Å². The van der Waals surface area contributed by atoms with E-state index in [2.05, 4.69) is 65.8 Å². The van der Waals surface area contributed by atoms with Crippen LogP contribution in [0.4, 0.5) is 14.6 Å². The maximum atomic E-state index is 14.3. The van der Waals surface area contributed by atoms with Crippen molar-refractivity contribution in [3.63, 3.8) is 0 Å². The first-order valence-corrected chi connectivity index (χ1v) is 13.3. The minimum Gasteiger partial charge on any atom is -0.394 e. The molecule has 2 rings (SSSR count). The van der Waals surface area contributed by atoms with Crippen molar-refractivity contribution in [2.45, 2.75) is 82.6 Å². The number of rotatable bonds is 16. The molecule has 0 saturated carbocycles. The first kappa shape index (κ1) is 32.0. The van der Waals surface area contributed by atoms with E-state index in [0.29, 0.717) is 17.4 Å². The van der Waals surface area contributed by atoms with Gasteiger partial charge in [0.05, 0.1) is 6.61 Å². The average Bonchev–Trinajstić information content (AvgIpc) is 3.14. The van der Waals surface area contributed by atoms with Crippen LogP contribution in [0.15, 0.2) is 77.8 Å². The van der Waals surface area contributed by atoms with Gasteiger partial charge in [-0.05, 0) is 51.0 Å². The Balaban J connectivity index is 1.64. The van der Waals surface area contributed by atoms with Crippen molar-refractivity contribution in [3.8, 4) is 0 Å². The molecule has 10 heteroatoms. The van der Waals surface area contributed by atoms with Gasteiger partial charge < -0.3 is 20.3 Å². The molecular weight excluding hydrogens is 508 g/mol. The Morgan fingerprint density at radius 1 is 1.05 bits per heavy atom. The molecule has 3 atom stereocenters. The monoisotopic (exact) mass is 547 g/mol. The van der Waals surface area contributed by atoms with Gasteiger partial charge in [0.15, 0.2) is 6.10 Å². The van der Waals surface area contributed by atoms with E-state index in [1.165, 1.54) is 6.07 Å². The number of aliphatic hydroxyl groups excluding tert-OH is 2. The van der Waals surface area contributed by atoms with Gasteiger partial charge in [-0.25, -0.2) is 4.79 Å². The van der Waals surface area contributed by atoms with E-state index in [9.17, 15) is 23.5 Å². The lowest BCUT2D eigenvalue weighted by Gasteiger charge is -2.21. The molecule has 3 unspecified atom stereocenters. The number of hydrogen-bond acceptors (Lipinski definition) is 6. The summed E-state index contributed by atoms with van der Waals surface area (Å²) in [6.45, 7) is 1.29. The summed E-state index contributed by atoms with van der Waals surface area (Å²) < 4.78 is 34.0. The van der Waals surface area contributed by atoms with Crippen molar-refractivity contribution in [2.75, 3.05) is 11.9 Å². The van der Waals surface area contributed by atoms with Crippen LogP contribution >= 0.6 is 0 Å². The summed E-state index contributed by atoms with van der Waals surface area (Å²) in [5.41, 5.74) is -1.08. The Labute approximate surface area is 228 Å². The number of hydrogen-bond donors (Lipinski definition) is 3. The number of halogens is 2. The summed E-state index contributed by atoms with van der Waals surface area (Å²) in [5, 5.41) is 21.2. The molecule has 1 aliphatic heterocycles. The fourth-order valence-corrected chi connectivity index (χ4v) is 3.73. The number of nitrogens with one attached hydrogen (secondary N) is 1. The molecule has 1 aromatic heterocycles. The van der Waals surface area contributed by atoms with Crippen LogP contribution in [0.1, 0.15) is 64.5 Å². The Hall–Kier alpha value is -3.21. The summed E-state index contributed by atoms with van der Waals surface area (Å²) in [7, 11) is 0. The third-order valence-corrected chi connectivity index (χ3v) is 5.84. The molecule has 3 N–H and O–H groups in total. The average molecular weight is 548 g/mol. The zero-order valence-corrected chi connectivity index (χ0v) is 22.3. The number of carbonyl (C=O) groups excluding carboxylic acids is 1. The second-order valence-electron chi connectivity index (χ2n) is 8.98. The molecule has 1 amide bonds. The summed E-state index contributed by atoms with van der Waals surface area (Å²) in [6.07, 6.45) is 22.4. The lowest BCUT2D eigenvalue weighted by molar-refractivity contribution is -0.141. The number of nitrogens with zero attached hydrogens (tertiary/aromatic N) is 2. The van der Waals surface area contributed by atoms with Gasteiger partial charge in [-0.3, -0.25) is 9.36 Å². The molecule has 214 valence electrons. The van der Waals surface area contributed by atoms with Gasteiger partial charge in [0.2, 0.25) is 12.1 Å². The Morgan fingerprint density at radius 2 is 1.62 bits per heavy atom. The summed E-state index contributed by atoms with van der Waals surface area (Å²) in [6, 6.07) is 1.20. The van der Waals surface area contributed by atoms with Crippen LogP contribution in [-0.4, -0.2) is 50.4 Å². The molecule has 0 aliphatic carbocycles. The van der Waals surface area contributed by atoms with E-state index in [0.717, 1.165) is 38.3 Å². The maximum absolute atomic E-state index is 14.3. The van der Waals surface area contributed by atoms with Crippen LogP contribution in [0.5, 0.6) is 0 Å². The van der Waals surface area contributed by atoms with E-state index in [4.69, 9.17) is 9.84 Å². The van der Waals surface area contributed by atoms with Crippen LogP contribution in [0.25, 0.3) is 0 Å². The highest BCUT2D eigenvalue weighted by Gasteiger charge is 2.59. The van der Waals surface area contributed by atoms with Gasteiger partial charge in [0.1, 0.15) is 11.9 Å². The van der Waals surface area contributed by atoms with Crippen LogP contribution in [0.3, 0.4) is 0 Å². The standard InChI is InChI=1S/C29H39F2N3O5/c1-2-3-4-5-6-7-8-9-10-11-12-13-14-15-16-17-18-19-25(36)32-24-20-21-34(28(38)33-24)27-29(30,31)26(37)23(22-35)39-27/h3-4,6-7,9-10,12-13,15-16,20-21,23,26-27,35,37H,2,5,8,11,14,17-19,22H2,1H3,(H,32,33,36,38)/b4-3-,7-6+,10-9+,13-12+,16-15+. The van der Waals surface area contributed by atoms with E-state index in [-0.39, 0.29) is 18.1 Å². The molecule has 0 aromatic carbocycles. The summed E-state index contributed by atoms with van der Waals surface area (Å²) in [5.74, 6) is -4.23. The zero-order chi connectivity index (χ0) is 28.5. The Bertz CT molecular complexity index is 1090. The smallest absolute Gasteiger partial charge is 0.351 e. The topological polar surface area (TPSA) is 114 Å². The minimum atomic E-state index is -3.80. The number of aliphatic hydroxyl groups is 2. The zero-order valence-electron chi connectivity index (χ0n) is 22.3. The van der Waals surface area contributed by atoms with Crippen molar-refractivity contribution in [1.29, 1.82) is 0 Å². The largest absolute Gasteiger partial charge is 0.394 e. The van der Waals surface area contributed by atoms with Crippen molar-refractivity contribution in [3.05, 3.63) is 83.5 Å². The molecule has 1 aromatic rings. The Morgan fingerprint density at radius 3 is 2.13 bits per heavy atom. The SMILES string of the molecule is CC/C=C\C/C=C/C/C=C/C/C=C/C/C=C/CCCC(=O)Nc1ccn(C2OC(CO)C(O)C2(F)F)c(=O)n1. The highest BCUT2D eigenvalue weighted by atomic mass is 19.3. The lowest BCUT2D eigenvalue weighted by atomic mass is 10.1. The van der Waals surface area contributed by atoms with Crippen molar-refractivity contribution < 1.29 is 28.5 Å². The number of anilines is 1. The van der Waals surface area contributed by atoms with E-state index >= 15 is 0 Å². The van der Waals surface area contributed by atoms with Gasteiger partial charge in [0, 0.05) is 12.6 Å². The van der Waals surface area contributed by atoms with Crippen molar-refractivity contribution >= 4 is 11.7 Å². The first-order chi connectivity index (χ1) is 18.8. The summed E-state index contributed by atoms with van der Waals surface area (Å²) >= 11 is 0. The van der Waals surface area contributed by atoms with Crippen LogP contribution in [0, 0.1) is 0 Å². The third kappa shape index (κ3) is 10.8. The van der Waals surface area contributed by atoms with Gasteiger partial charge in [-0.1, -0.05) is 67.7 Å². The van der Waals surface area contributed by atoms with Gasteiger partial charge >= 0.3 is 11.6 Å². The second kappa shape index (κ2) is 17.4. The quantitative estimate of drug-likeness (QED) is 0.199. The molecule has 1 aliphatic rings. The molecule has 1 fully saturated rings. The van der Waals surface area contributed by atoms with Crippen molar-refractivity contribution in [1.82, 2.24) is 9.55 Å². The van der Waals surface area contributed by atoms with E-state index in [1.54, 1.807) is 0 Å². The van der Waals surface area contributed by atoms with Gasteiger partial charge in [0.25, 0.3) is 0 Å². The first-order valence-electron chi connectivity index (χ1n) is 13.3. The van der Waals surface area contributed by atoms with E-state index in [1.807, 2.05) is 12.2 Å². The molecule has 0 spiro atoms. The molecule has 39 heavy (non-hydrogen) atoms. The number of ether oxygens (including phenoxy) is 1.